The summed E-state index contributed by atoms with van der Waals surface area (Å²) >= 11 is 8.83. The van der Waals surface area contributed by atoms with Crippen molar-refractivity contribution in [1.82, 2.24) is 0 Å². The van der Waals surface area contributed by atoms with Crippen LogP contribution in [0.15, 0.2) is 48.5 Å². The molecule has 23 heavy (non-hydrogen) atoms. The highest BCUT2D eigenvalue weighted by atomic mass is 127. The van der Waals surface area contributed by atoms with Crippen LogP contribution in [-0.2, 0) is 0 Å². The van der Waals surface area contributed by atoms with Gasteiger partial charge in [0, 0.05) is 10.7 Å². The predicted octanol–water partition coefficient (Wildman–Crippen LogP) is 6.48. The molecule has 0 aromatic heterocycles. The maximum absolute atomic E-state index is 12.7. The molecular formula is C17H8I4O2. The van der Waals surface area contributed by atoms with Gasteiger partial charge in [-0.1, -0.05) is 30.3 Å². The van der Waals surface area contributed by atoms with E-state index in [1.54, 1.807) is 0 Å². The number of benzene rings is 3. The monoisotopic (exact) mass is 752 g/mol. The first-order valence-electron chi connectivity index (χ1n) is 6.52. The standard InChI is InChI=1S/C17H8I4O2/c18-11-6-7-12(19)16(21)14(11)17(22)23-13-8-5-9-3-1-2-4-10(9)15(13)20/h1-8H. The number of carbonyl (C=O) groups is 1. The zero-order chi connectivity index (χ0) is 16.6. The largest absolute Gasteiger partial charge is 0.422 e. The number of halogens is 4. The summed E-state index contributed by atoms with van der Waals surface area (Å²) in [6.07, 6.45) is 0. The maximum Gasteiger partial charge on any atom is 0.345 e. The van der Waals surface area contributed by atoms with Crippen LogP contribution < -0.4 is 4.74 Å². The van der Waals surface area contributed by atoms with E-state index in [4.69, 9.17) is 4.74 Å². The minimum atomic E-state index is -0.314. The molecule has 0 unspecified atom stereocenters. The minimum absolute atomic E-state index is 0.314. The Labute approximate surface area is 188 Å². The van der Waals surface area contributed by atoms with Gasteiger partial charge < -0.3 is 4.74 Å². The fourth-order valence-electron chi connectivity index (χ4n) is 2.16. The Balaban J connectivity index is 2.01. The molecule has 0 atom stereocenters. The Kier molecular flexibility index (Phi) is 6.05. The van der Waals surface area contributed by atoms with Crippen molar-refractivity contribution < 1.29 is 9.53 Å². The Morgan fingerprint density at radius 2 is 1.48 bits per heavy atom. The first-order chi connectivity index (χ1) is 11.0. The molecule has 0 N–H and O–H groups in total. The molecule has 0 amide bonds. The minimum Gasteiger partial charge on any atom is -0.422 e. The van der Waals surface area contributed by atoms with Crippen molar-refractivity contribution in [3.8, 4) is 5.75 Å². The van der Waals surface area contributed by atoms with Crippen molar-refractivity contribution in [1.29, 1.82) is 0 Å². The Bertz CT molecular complexity index is 922. The lowest BCUT2D eigenvalue weighted by Crippen LogP contribution is -2.14. The molecule has 0 fully saturated rings. The summed E-state index contributed by atoms with van der Waals surface area (Å²) < 4.78 is 9.51. The van der Waals surface area contributed by atoms with Crippen molar-refractivity contribution in [2.75, 3.05) is 0 Å². The zero-order valence-electron chi connectivity index (χ0n) is 11.4. The maximum atomic E-state index is 12.7. The third-order valence-corrected chi connectivity index (χ3v) is 8.34. The fourth-order valence-corrected chi connectivity index (χ4v) is 5.26. The van der Waals surface area contributed by atoms with Gasteiger partial charge in [-0.3, -0.25) is 0 Å². The van der Waals surface area contributed by atoms with Crippen LogP contribution in [0.3, 0.4) is 0 Å². The quantitative estimate of drug-likeness (QED) is 0.130. The summed E-state index contributed by atoms with van der Waals surface area (Å²) in [5.41, 5.74) is 0.627. The Morgan fingerprint density at radius 3 is 2.26 bits per heavy atom. The number of esters is 1. The van der Waals surface area contributed by atoms with Gasteiger partial charge in [-0.15, -0.1) is 0 Å². The second-order valence-electron chi connectivity index (χ2n) is 4.71. The number of hydrogen-bond acceptors (Lipinski definition) is 2. The molecular weight excluding hydrogens is 744 g/mol. The SMILES string of the molecule is O=C(Oc1ccc2ccccc2c1I)c1c(I)ccc(I)c1I. The molecule has 0 heterocycles. The van der Waals surface area contributed by atoms with E-state index in [-0.39, 0.29) is 5.97 Å². The lowest BCUT2D eigenvalue weighted by molar-refractivity contribution is 0.0731. The molecule has 0 aliphatic heterocycles. The summed E-state index contributed by atoms with van der Waals surface area (Å²) in [7, 11) is 0. The van der Waals surface area contributed by atoms with Gasteiger partial charge in [-0.2, -0.15) is 0 Å². The van der Waals surface area contributed by atoms with Crippen LogP contribution in [0.25, 0.3) is 10.8 Å². The third-order valence-electron chi connectivity index (χ3n) is 3.28. The van der Waals surface area contributed by atoms with E-state index in [9.17, 15) is 4.79 Å². The molecule has 0 saturated carbocycles. The van der Waals surface area contributed by atoms with Gasteiger partial charge in [0.2, 0.25) is 0 Å². The fraction of sp³-hybridized carbons (Fsp3) is 0. The summed E-state index contributed by atoms with van der Waals surface area (Å²) in [4.78, 5) is 12.7. The molecule has 0 aliphatic rings. The van der Waals surface area contributed by atoms with E-state index in [2.05, 4.69) is 96.4 Å². The highest BCUT2D eigenvalue weighted by Crippen LogP contribution is 2.31. The highest BCUT2D eigenvalue weighted by molar-refractivity contribution is 14.1. The number of hydrogen-bond donors (Lipinski definition) is 0. The van der Waals surface area contributed by atoms with Crippen LogP contribution in [0.4, 0.5) is 0 Å². The molecule has 3 rings (SSSR count). The topological polar surface area (TPSA) is 26.3 Å². The van der Waals surface area contributed by atoms with Gasteiger partial charge in [-0.05, 0) is 119 Å². The van der Waals surface area contributed by atoms with Crippen LogP contribution >= 0.6 is 90.4 Å². The Hall–Kier alpha value is 0.310. The van der Waals surface area contributed by atoms with E-state index in [1.807, 2.05) is 42.5 Å². The van der Waals surface area contributed by atoms with E-state index in [1.165, 1.54) is 0 Å². The zero-order valence-corrected chi connectivity index (χ0v) is 20.1. The van der Waals surface area contributed by atoms with E-state index >= 15 is 0 Å². The first-order valence-corrected chi connectivity index (χ1v) is 10.8. The van der Waals surface area contributed by atoms with Crippen LogP contribution in [0.5, 0.6) is 5.75 Å². The molecule has 116 valence electrons. The first kappa shape index (κ1) is 18.1. The van der Waals surface area contributed by atoms with Gasteiger partial charge in [0.1, 0.15) is 5.75 Å². The van der Waals surface area contributed by atoms with Crippen molar-refractivity contribution in [3.63, 3.8) is 0 Å². The second kappa shape index (κ2) is 7.68. The van der Waals surface area contributed by atoms with Crippen LogP contribution in [0.2, 0.25) is 0 Å². The summed E-state index contributed by atoms with van der Waals surface area (Å²) in [6.45, 7) is 0. The molecule has 3 aromatic carbocycles. The van der Waals surface area contributed by atoms with Crippen molar-refractivity contribution in [2.24, 2.45) is 0 Å². The second-order valence-corrected chi connectivity index (χ2v) is 9.19. The number of rotatable bonds is 2. The lowest BCUT2D eigenvalue weighted by atomic mass is 10.1. The van der Waals surface area contributed by atoms with E-state index in [0.717, 1.165) is 25.1 Å². The van der Waals surface area contributed by atoms with Crippen LogP contribution in [0.1, 0.15) is 10.4 Å². The summed E-state index contributed by atoms with van der Waals surface area (Å²) in [6, 6.07) is 15.8. The van der Waals surface area contributed by atoms with Gasteiger partial charge >= 0.3 is 5.97 Å². The normalized spacial score (nSPS) is 10.8. The molecule has 3 aromatic rings. The number of carbonyl (C=O) groups excluding carboxylic acids is 1. The highest BCUT2D eigenvalue weighted by Gasteiger charge is 2.19. The van der Waals surface area contributed by atoms with Gasteiger partial charge in [-0.25, -0.2) is 4.79 Å². The van der Waals surface area contributed by atoms with Crippen LogP contribution in [0, 0.1) is 14.3 Å². The number of fused-ring (bicyclic) bond motifs is 1. The van der Waals surface area contributed by atoms with Gasteiger partial charge in [0.05, 0.1) is 9.13 Å². The average Bonchev–Trinajstić information content (AvgIpc) is 2.54. The Morgan fingerprint density at radius 1 is 0.783 bits per heavy atom. The number of ether oxygens (including phenoxy) is 1. The van der Waals surface area contributed by atoms with Crippen molar-refractivity contribution >= 4 is 107 Å². The molecule has 0 spiro atoms. The molecule has 0 bridgehead atoms. The van der Waals surface area contributed by atoms with Crippen molar-refractivity contribution in [3.05, 3.63) is 68.4 Å². The van der Waals surface area contributed by atoms with Gasteiger partial charge in [0.25, 0.3) is 0 Å². The predicted molar refractivity (Wildman–Crippen MR) is 126 cm³/mol. The van der Waals surface area contributed by atoms with E-state index < -0.39 is 0 Å². The molecule has 0 saturated heterocycles. The molecule has 2 nitrogen and oxygen atoms in total. The van der Waals surface area contributed by atoms with Crippen LogP contribution in [-0.4, -0.2) is 5.97 Å². The molecule has 0 aliphatic carbocycles. The van der Waals surface area contributed by atoms with Gasteiger partial charge in [0.15, 0.2) is 0 Å². The summed E-state index contributed by atoms with van der Waals surface area (Å²) in [5, 5.41) is 2.22. The molecule has 6 heteroatoms. The smallest absolute Gasteiger partial charge is 0.345 e. The lowest BCUT2D eigenvalue weighted by Gasteiger charge is -2.11. The average molecular weight is 752 g/mol. The third kappa shape index (κ3) is 3.78. The molecule has 0 radical (unpaired) electrons. The van der Waals surface area contributed by atoms with E-state index in [0.29, 0.717) is 11.3 Å². The van der Waals surface area contributed by atoms with Crippen molar-refractivity contribution in [2.45, 2.75) is 0 Å². The summed E-state index contributed by atoms with van der Waals surface area (Å²) in [5.74, 6) is 0.283.